The van der Waals surface area contributed by atoms with Crippen molar-refractivity contribution in [1.29, 1.82) is 5.26 Å². The van der Waals surface area contributed by atoms with Crippen molar-refractivity contribution in [2.45, 2.75) is 12.5 Å². The maximum atomic E-state index is 8.82. The molecule has 2 rings (SSSR count). The van der Waals surface area contributed by atoms with Gasteiger partial charge in [-0.1, -0.05) is 17.7 Å². The summed E-state index contributed by atoms with van der Waals surface area (Å²) in [5.74, 6) is 1.11. The summed E-state index contributed by atoms with van der Waals surface area (Å²) in [6.07, 6.45) is 0. The maximum absolute atomic E-state index is 8.82. The van der Waals surface area contributed by atoms with Crippen LogP contribution in [-0.4, -0.2) is 0 Å². The van der Waals surface area contributed by atoms with Gasteiger partial charge in [-0.05, 0) is 61.7 Å². The summed E-state index contributed by atoms with van der Waals surface area (Å²) in [7, 11) is 0. The highest BCUT2D eigenvalue weighted by molar-refractivity contribution is 9.11. The topological polar surface area (TPSA) is 33.0 Å². The molecule has 0 fully saturated rings. The predicted octanol–water partition coefficient (Wildman–Crippen LogP) is 6.05. The lowest BCUT2D eigenvalue weighted by Crippen LogP contribution is -1.98. The molecule has 0 radical (unpaired) electrons. The minimum atomic E-state index is 0.308. The number of nitriles is 1. The second-order valence-electron chi connectivity index (χ2n) is 4.23. The molecule has 0 atom stereocenters. The summed E-state index contributed by atoms with van der Waals surface area (Å²) in [6, 6.07) is 11.0. The van der Waals surface area contributed by atoms with Gasteiger partial charge in [-0.25, -0.2) is 0 Å². The number of ether oxygens (including phenoxy) is 1. The van der Waals surface area contributed by atoms with Crippen molar-refractivity contribution in [2.24, 2.45) is 0 Å². The van der Waals surface area contributed by atoms with Crippen LogP contribution in [0.3, 0.4) is 0 Å². The molecule has 2 aromatic rings. The van der Waals surface area contributed by atoms with Crippen LogP contribution in [0.15, 0.2) is 39.3 Å². The van der Waals surface area contributed by atoms with Gasteiger partial charge in [-0.15, -0.1) is 11.6 Å². The lowest BCUT2D eigenvalue weighted by Gasteiger charge is -2.12. The van der Waals surface area contributed by atoms with E-state index in [0.717, 1.165) is 20.1 Å². The molecule has 0 aliphatic heterocycles. The number of hydrogen-bond acceptors (Lipinski definition) is 2. The number of benzene rings is 2. The standard InChI is InChI=1S/C15H9Br2Cl2NO/c16-12-3-10(6-18)4-13(17)15(12)21-8-11-2-1-9(7-20)5-14(11)19/h1-5H,6,8H2. The molecule has 0 saturated carbocycles. The van der Waals surface area contributed by atoms with Crippen LogP contribution in [0.25, 0.3) is 0 Å². The second-order valence-corrected chi connectivity index (χ2v) is 6.61. The van der Waals surface area contributed by atoms with Gasteiger partial charge in [-0.2, -0.15) is 5.26 Å². The predicted molar refractivity (Wildman–Crippen MR) is 91.9 cm³/mol. The lowest BCUT2D eigenvalue weighted by molar-refractivity contribution is 0.302. The van der Waals surface area contributed by atoms with Crippen LogP contribution in [0.1, 0.15) is 16.7 Å². The summed E-state index contributed by atoms with van der Waals surface area (Å²) in [4.78, 5) is 0. The number of nitrogens with zero attached hydrogens (tertiary/aromatic N) is 1. The molecule has 21 heavy (non-hydrogen) atoms. The summed E-state index contributed by atoms with van der Waals surface area (Å²) in [5, 5.41) is 9.33. The van der Waals surface area contributed by atoms with E-state index in [-0.39, 0.29) is 0 Å². The fourth-order valence-electron chi connectivity index (χ4n) is 1.71. The van der Waals surface area contributed by atoms with Crippen molar-refractivity contribution in [2.75, 3.05) is 0 Å². The van der Waals surface area contributed by atoms with Gasteiger partial charge in [0.25, 0.3) is 0 Å². The highest BCUT2D eigenvalue weighted by Gasteiger charge is 2.10. The zero-order valence-electron chi connectivity index (χ0n) is 10.7. The Morgan fingerprint density at radius 2 is 1.81 bits per heavy atom. The summed E-state index contributed by atoms with van der Waals surface area (Å²) in [6.45, 7) is 0.308. The summed E-state index contributed by atoms with van der Waals surface area (Å²) >= 11 is 18.9. The molecule has 0 amide bonds. The van der Waals surface area contributed by atoms with Gasteiger partial charge in [0.15, 0.2) is 0 Å². The van der Waals surface area contributed by atoms with E-state index in [1.165, 1.54) is 0 Å². The first kappa shape index (κ1) is 16.6. The lowest BCUT2D eigenvalue weighted by atomic mass is 10.1. The highest BCUT2D eigenvalue weighted by Crippen LogP contribution is 2.36. The van der Waals surface area contributed by atoms with E-state index in [9.17, 15) is 0 Å². The Hall–Kier alpha value is -0.730. The minimum absolute atomic E-state index is 0.308. The first-order valence-electron chi connectivity index (χ1n) is 5.90. The first-order chi connectivity index (χ1) is 10.0. The molecule has 108 valence electrons. The fourth-order valence-corrected chi connectivity index (χ4v) is 3.61. The van der Waals surface area contributed by atoms with Crippen molar-refractivity contribution >= 4 is 55.1 Å². The quantitative estimate of drug-likeness (QED) is 0.532. The van der Waals surface area contributed by atoms with E-state index in [0.29, 0.717) is 28.8 Å². The van der Waals surface area contributed by atoms with E-state index >= 15 is 0 Å². The number of halogens is 4. The number of hydrogen-bond donors (Lipinski definition) is 0. The Morgan fingerprint density at radius 1 is 1.14 bits per heavy atom. The molecule has 6 heteroatoms. The van der Waals surface area contributed by atoms with Gasteiger partial charge < -0.3 is 4.74 Å². The smallest absolute Gasteiger partial charge is 0.148 e. The second kappa shape index (κ2) is 7.51. The van der Waals surface area contributed by atoms with E-state index in [1.54, 1.807) is 18.2 Å². The summed E-state index contributed by atoms with van der Waals surface area (Å²) in [5.41, 5.74) is 2.33. The molecular weight excluding hydrogens is 441 g/mol. The monoisotopic (exact) mass is 447 g/mol. The van der Waals surface area contributed by atoms with Gasteiger partial charge in [-0.3, -0.25) is 0 Å². The number of alkyl halides is 1. The molecule has 0 spiro atoms. The molecule has 2 aromatic carbocycles. The zero-order chi connectivity index (χ0) is 15.4. The maximum Gasteiger partial charge on any atom is 0.148 e. The average molecular weight is 450 g/mol. The minimum Gasteiger partial charge on any atom is -0.486 e. The molecular formula is C15H9Br2Cl2NO. The van der Waals surface area contributed by atoms with Crippen molar-refractivity contribution in [1.82, 2.24) is 0 Å². The Bertz CT molecular complexity index is 690. The molecule has 0 saturated heterocycles. The van der Waals surface area contributed by atoms with Gasteiger partial charge in [0.2, 0.25) is 0 Å². The molecule has 0 aliphatic rings. The van der Waals surface area contributed by atoms with Crippen molar-refractivity contribution in [3.8, 4) is 11.8 Å². The largest absolute Gasteiger partial charge is 0.486 e. The Morgan fingerprint density at radius 3 is 2.33 bits per heavy atom. The van der Waals surface area contributed by atoms with Crippen LogP contribution in [0.4, 0.5) is 0 Å². The van der Waals surface area contributed by atoms with Crippen LogP contribution < -0.4 is 4.74 Å². The van der Waals surface area contributed by atoms with Crippen molar-refractivity contribution in [3.05, 3.63) is 61.0 Å². The molecule has 2 nitrogen and oxygen atoms in total. The first-order valence-corrected chi connectivity index (χ1v) is 8.40. The van der Waals surface area contributed by atoms with Crippen LogP contribution in [0, 0.1) is 11.3 Å². The van der Waals surface area contributed by atoms with Crippen molar-refractivity contribution < 1.29 is 4.74 Å². The van der Waals surface area contributed by atoms with Gasteiger partial charge in [0.05, 0.1) is 20.6 Å². The Labute approximate surface area is 149 Å². The molecule has 0 aromatic heterocycles. The fraction of sp³-hybridized carbons (Fsp3) is 0.133. The molecule has 0 bridgehead atoms. The third-order valence-electron chi connectivity index (χ3n) is 2.77. The number of rotatable bonds is 4. The van der Waals surface area contributed by atoms with Crippen LogP contribution >= 0.6 is 55.1 Å². The average Bonchev–Trinajstić information content (AvgIpc) is 2.47. The van der Waals surface area contributed by atoms with Crippen LogP contribution in [0.5, 0.6) is 5.75 Å². The molecule has 0 heterocycles. The Balaban J connectivity index is 2.19. The van der Waals surface area contributed by atoms with Gasteiger partial charge in [0, 0.05) is 16.5 Å². The third-order valence-corrected chi connectivity index (χ3v) is 4.61. The van der Waals surface area contributed by atoms with Crippen molar-refractivity contribution in [3.63, 3.8) is 0 Å². The zero-order valence-corrected chi connectivity index (χ0v) is 15.4. The normalized spacial score (nSPS) is 10.2. The molecule has 0 N–H and O–H groups in total. The van der Waals surface area contributed by atoms with Gasteiger partial charge in [0.1, 0.15) is 12.4 Å². The third kappa shape index (κ3) is 4.14. The van der Waals surface area contributed by atoms with Crippen LogP contribution in [0.2, 0.25) is 5.02 Å². The van der Waals surface area contributed by atoms with E-state index in [4.69, 9.17) is 33.2 Å². The SMILES string of the molecule is N#Cc1ccc(COc2c(Br)cc(CCl)cc2Br)c(Cl)c1. The van der Waals surface area contributed by atoms with Crippen LogP contribution in [-0.2, 0) is 12.5 Å². The van der Waals surface area contributed by atoms with E-state index in [2.05, 4.69) is 31.9 Å². The Kier molecular flexibility index (Phi) is 5.95. The van der Waals surface area contributed by atoms with E-state index in [1.807, 2.05) is 18.2 Å². The highest BCUT2D eigenvalue weighted by atomic mass is 79.9. The summed E-state index contributed by atoms with van der Waals surface area (Å²) < 4.78 is 7.44. The molecule has 0 unspecified atom stereocenters. The molecule has 0 aliphatic carbocycles. The van der Waals surface area contributed by atoms with E-state index < -0.39 is 0 Å². The van der Waals surface area contributed by atoms with Gasteiger partial charge >= 0.3 is 0 Å².